The fourth-order valence-electron chi connectivity index (χ4n) is 4.98. The van der Waals surface area contributed by atoms with Crippen molar-refractivity contribution in [3.63, 3.8) is 0 Å². The minimum absolute atomic E-state index is 0.0200. The van der Waals surface area contributed by atoms with Crippen LogP contribution in [0.3, 0.4) is 0 Å². The maximum atomic E-state index is 13.3. The number of hydrogen-bond donors (Lipinski definition) is 1. The first kappa shape index (κ1) is 17.5. The summed E-state index contributed by atoms with van der Waals surface area (Å²) in [5.74, 6) is 1.49. The van der Waals surface area contributed by atoms with Crippen LogP contribution in [0.5, 0.6) is 0 Å². The molecule has 1 aromatic rings. The predicted molar refractivity (Wildman–Crippen MR) is 103 cm³/mol. The standard InChI is InChI=1S/C21H29N3O2/c1-21(2)20(26)22-17-9-5-6-10-18(17)24(21)19(25)14-23-12-11-15-7-3-4-8-16(15)13-23/h5-6,9-10,15-16H,3-4,7-8,11-14H2,1-2H3,(H,22,26)/t15-,16+/m0/s1. The van der Waals surface area contributed by atoms with E-state index in [0.717, 1.165) is 36.3 Å². The van der Waals surface area contributed by atoms with Gasteiger partial charge in [0.2, 0.25) is 11.8 Å². The van der Waals surface area contributed by atoms with Crippen molar-refractivity contribution in [3.8, 4) is 0 Å². The number of carbonyl (C=O) groups is 2. The maximum Gasteiger partial charge on any atom is 0.250 e. The summed E-state index contributed by atoms with van der Waals surface area (Å²) in [6, 6.07) is 7.58. The molecule has 1 aromatic carbocycles. The predicted octanol–water partition coefficient (Wildman–Crippen LogP) is 3.26. The second kappa shape index (κ2) is 6.69. The van der Waals surface area contributed by atoms with Crippen LogP contribution in [-0.4, -0.2) is 41.9 Å². The number of rotatable bonds is 2. The van der Waals surface area contributed by atoms with E-state index in [2.05, 4.69) is 10.2 Å². The first-order valence-electron chi connectivity index (χ1n) is 9.92. The molecule has 140 valence electrons. The van der Waals surface area contributed by atoms with Crippen molar-refractivity contribution in [2.24, 2.45) is 11.8 Å². The third-order valence-corrected chi connectivity index (χ3v) is 6.49. The molecule has 2 fully saturated rings. The Morgan fingerprint density at radius 1 is 1.15 bits per heavy atom. The fourth-order valence-corrected chi connectivity index (χ4v) is 4.98. The van der Waals surface area contributed by atoms with Gasteiger partial charge in [-0.25, -0.2) is 0 Å². The number of nitrogens with zero attached hydrogens (tertiary/aromatic N) is 2. The van der Waals surface area contributed by atoms with Gasteiger partial charge in [0.15, 0.2) is 0 Å². The van der Waals surface area contributed by atoms with E-state index in [9.17, 15) is 9.59 Å². The summed E-state index contributed by atoms with van der Waals surface area (Å²) in [6.45, 7) is 6.06. The maximum absolute atomic E-state index is 13.3. The lowest BCUT2D eigenvalue weighted by molar-refractivity contribution is -0.127. The van der Waals surface area contributed by atoms with Crippen LogP contribution in [0.4, 0.5) is 11.4 Å². The number of carbonyl (C=O) groups excluding carboxylic acids is 2. The van der Waals surface area contributed by atoms with Crippen molar-refractivity contribution in [2.75, 3.05) is 29.9 Å². The topological polar surface area (TPSA) is 52.7 Å². The quantitative estimate of drug-likeness (QED) is 0.886. The van der Waals surface area contributed by atoms with E-state index < -0.39 is 5.54 Å². The second-order valence-corrected chi connectivity index (χ2v) is 8.59. The molecule has 0 radical (unpaired) electrons. The summed E-state index contributed by atoms with van der Waals surface area (Å²) in [6.07, 6.45) is 6.57. The Labute approximate surface area is 155 Å². The van der Waals surface area contributed by atoms with Gasteiger partial charge in [0.1, 0.15) is 5.54 Å². The number of hydrogen-bond acceptors (Lipinski definition) is 3. The van der Waals surface area contributed by atoms with Gasteiger partial charge in [-0.3, -0.25) is 19.4 Å². The molecule has 2 atom stereocenters. The Balaban J connectivity index is 1.52. The molecule has 2 heterocycles. The Bertz CT molecular complexity index is 715. The van der Waals surface area contributed by atoms with Crippen molar-refractivity contribution in [1.29, 1.82) is 0 Å². The van der Waals surface area contributed by atoms with Gasteiger partial charge in [-0.15, -0.1) is 0 Å². The Morgan fingerprint density at radius 2 is 1.88 bits per heavy atom. The lowest BCUT2D eigenvalue weighted by Gasteiger charge is -2.44. The molecule has 2 aliphatic heterocycles. The molecule has 1 N–H and O–H groups in total. The van der Waals surface area contributed by atoms with Crippen molar-refractivity contribution < 1.29 is 9.59 Å². The Morgan fingerprint density at radius 3 is 2.69 bits per heavy atom. The van der Waals surface area contributed by atoms with Gasteiger partial charge in [0, 0.05) is 6.54 Å². The number of anilines is 2. The van der Waals surface area contributed by atoms with E-state index >= 15 is 0 Å². The molecule has 1 aliphatic carbocycles. The summed E-state index contributed by atoms with van der Waals surface area (Å²) in [7, 11) is 0. The molecule has 2 amide bonds. The van der Waals surface area contributed by atoms with Crippen LogP contribution in [0.25, 0.3) is 0 Å². The van der Waals surface area contributed by atoms with Gasteiger partial charge in [-0.2, -0.15) is 0 Å². The third-order valence-electron chi connectivity index (χ3n) is 6.49. The summed E-state index contributed by atoms with van der Waals surface area (Å²) in [4.78, 5) is 29.8. The average Bonchev–Trinajstić information content (AvgIpc) is 2.62. The van der Waals surface area contributed by atoms with E-state index in [0.29, 0.717) is 6.54 Å². The van der Waals surface area contributed by atoms with E-state index in [1.54, 1.807) is 4.90 Å². The lowest BCUT2D eigenvalue weighted by atomic mass is 9.75. The lowest BCUT2D eigenvalue weighted by Crippen LogP contribution is -2.60. The van der Waals surface area contributed by atoms with Gasteiger partial charge in [-0.05, 0) is 57.2 Å². The van der Waals surface area contributed by atoms with E-state index in [4.69, 9.17) is 0 Å². The highest BCUT2D eigenvalue weighted by molar-refractivity contribution is 6.14. The normalized spacial score (nSPS) is 28.1. The summed E-state index contributed by atoms with van der Waals surface area (Å²) < 4.78 is 0. The van der Waals surface area contributed by atoms with Crippen molar-refractivity contribution in [1.82, 2.24) is 4.90 Å². The number of likely N-dealkylation sites (tertiary alicyclic amines) is 1. The van der Waals surface area contributed by atoms with Crippen molar-refractivity contribution in [2.45, 2.75) is 51.5 Å². The monoisotopic (exact) mass is 355 g/mol. The van der Waals surface area contributed by atoms with Crippen LogP contribution in [0.1, 0.15) is 46.0 Å². The number of nitrogens with one attached hydrogen (secondary N) is 1. The van der Waals surface area contributed by atoms with E-state index in [-0.39, 0.29) is 11.8 Å². The minimum atomic E-state index is -0.880. The number of para-hydroxylation sites is 2. The molecule has 0 spiro atoms. The third kappa shape index (κ3) is 3.02. The summed E-state index contributed by atoms with van der Waals surface area (Å²) in [5.41, 5.74) is 0.639. The molecule has 26 heavy (non-hydrogen) atoms. The molecule has 0 bridgehead atoms. The smallest absolute Gasteiger partial charge is 0.250 e. The van der Waals surface area contributed by atoms with Crippen LogP contribution in [0, 0.1) is 11.8 Å². The summed E-state index contributed by atoms with van der Waals surface area (Å²) in [5, 5.41) is 2.93. The number of piperidine rings is 1. The highest BCUT2D eigenvalue weighted by Crippen LogP contribution is 2.38. The van der Waals surface area contributed by atoms with Crippen LogP contribution in [0.15, 0.2) is 24.3 Å². The molecular formula is C21H29N3O2. The van der Waals surface area contributed by atoms with Crippen LogP contribution >= 0.6 is 0 Å². The number of benzene rings is 1. The second-order valence-electron chi connectivity index (χ2n) is 8.59. The van der Waals surface area contributed by atoms with Crippen molar-refractivity contribution in [3.05, 3.63) is 24.3 Å². The van der Waals surface area contributed by atoms with Crippen LogP contribution < -0.4 is 10.2 Å². The highest BCUT2D eigenvalue weighted by atomic mass is 16.2. The molecular weight excluding hydrogens is 326 g/mol. The number of amides is 2. The molecule has 4 rings (SSSR count). The SMILES string of the molecule is CC1(C)C(=O)Nc2ccccc2N1C(=O)CN1CC[C@@H]2CCCC[C@@H]2C1. The van der Waals surface area contributed by atoms with Crippen LogP contribution in [-0.2, 0) is 9.59 Å². The van der Waals surface area contributed by atoms with Gasteiger partial charge in [-0.1, -0.05) is 31.4 Å². The van der Waals surface area contributed by atoms with Crippen molar-refractivity contribution >= 4 is 23.2 Å². The molecule has 3 aliphatic rings. The highest BCUT2D eigenvalue weighted by Gasteiger charge is 2.44. The molecule has 0 unspecified atom stereocenters. The minimum Gasteiger partial charge on any atom is -0.322 e. The number of fused-ring (bicyclic) bond motifs is 2. The zero-order valence-electron chi connectivity index (χ0n) is 15.8. The average molecular weight is 355 g/mol. The zero-order chi connectivity index (χ0) is 18.3. The zero-order valence-corrected chi connectivity index (χ0v) is 15.8. The first-order valence-corrected chi connectivity index (χ1v) is 9.92. The molecule has 0 aromatic heterocycles. The van der Waals surface area contributed by atoms with Gasteiger partial charge in [0.05, 0.1) is 17.9 Å². The summed E-state index contributed by atoms with van der Waals surface area (Å²) >= 11 is 0. The Hall–Kier alpha value is -1.88. The fraction of sp³-hybridized carbons (Fsp3) is 0.619. The Kier molecular flexibility index (Phi) is 4.51. The first-order chi connectivity index (χ1) is 12.5. The van der Waals surface area contributed by atoms with Crippen LogP contribution in [0.2, 0.25) is 0 Å². The molecule has 5 heteroatoms. The molecule has 1 saturated carbocycles. The largest absolute Gasteiger partial charge is 0.322 e. The van der Waals surface area contributed by atoms with Gasteiger partial charge >= 0.3 is 0 Å². The van der Waals surface area contributed by atoms with Gasteiger partial charge in [0.25, 0.3) is 0 Å². The molecule has 1 saturated heterocycles. The van der Waals surface area contributed by atoms with Gasteiger partial charge < -0.3 is 5.32 Å². The van der Waals surface area contributed by atoms with E-state index in [1.165, 1.54) is 32.1 Å². The molecule has 5 nitrogen and oxygen atoms in total. The van der Waals surface area contributed by atoms with E-state index in [1.807, 2.05) is 38.1 Å².